The van der Waals surface area contributed by atoms with E-state index in [2.05, 4.69) is 33.8 Å². The monoisotopic (exact) mass is 398 g/mol. The fourth-order valence-corrected chi connectivity index (χ4v) is 4.96. The number of nitrogens with zero attached hydrogens (tertiary/aromatic N) is 4. The van der Waals surface area contributed by atoms with Crippen molar-refractivity contribution in [3.63, 3.8) is 0 Å². The largest absolute Gasteiger partial charge is 0.338 e. The van der Waals surface area contributed by atoms with Gasteiger partial charge >= 0.3 is 0 Å². The zero-order valence-electron chi connectivity index (χ0n) is 16.8. The number of hydrogen-bond donors (Lipinski definition) is 0. The number of fused-ring (bicyclic) bond motifs is 1. The minimum atomic E-state index is 0.148. The number of benzene rings is 1. The predicted octanol–water partition coefficient (Wildman–Crippen LogP) is 4.28. The molecular weight excluding hydrogens is 368 g/mol. The zero-order chi connectivity index (χ0) is 19.3. The number of aromatic nitrogens is 3. The first-order chi connectivity index (χ1) is 13.8. The van der Waals surface area contributed by atoms with E-state index in [0.717, 1.165) is 67.6 Å². The molecule has 4 rings (SSSR count). The van der Waals surface area contributed by atoms with Gasteiger partial charge in [0.1, 0.15) is 11.6 Å². The summed E-state index contributed by atoms with van der Waals surface area (Å²) in [6.07, 6.45) is 6.84. The summed E-state index contributed by atoms with van der Waals surface area (Å²) >= 11 is 1.90. The van der Waals surface area contributed by atoms with Crippen LogP contribution in [0.5, 0.6) is 0 Å². The number of hydrogen-bond acceptors (Lipinski definition) is 4. The topological polar surface area (TPSA) is 51.0 Å². The first-order valence-electron chi connectivity index (χ1n) is 10.6. The Hall–Kier alpha value is -1.82. The highest BCUT2D eigenvalue weighted by atomic mass is 32.2. The van der Waals surface area contributed by atoms with Gasteiger partial charge in [0.25, 0.3) is 5.91 Å². The second-order valence-corrected chi connectivity index (χ2v) is 9.14. The van der Waals surface area contributed by atoms with Crippen molar-refractivity contribution >= 4 is 17.7 Å². The summed E-state index contributed by atoms with van der Waals surface area (Å²) in [7, 11) is 0. The standard InChI is InChI=1S/C22H30N4OS/c1-2-28-16-17-9-11-18(12-10-17)22(27)25-13-6-7-19(15-25)21-24-23-20-8-4-3-5-14-26(20)21/h9-12,19H,2-8,13-16H2,1H3. The summed E-state index contributed by atoms with van der Waals surface area (Å²) in [6.45, 7) is 4.79. The molecule has 0 saturated carbocycles. The van der Waals surface area contributed by atoms with Crippen molar-refractivity contribution in [2.45, 2.75) is 63.7 Å². The van der Waals surface area contributed by atoms with Crippen molar-refractivity contribution in [1.29, 1.82) is 0 Å². The van der Waals surface area contributed by atoms with E-state index in [1.807, 2.05) is 28.8 Å². The Morgan fingerprint density at radius 1 is 1.11 bits per heavy atom. The molecule has 1 atom stereocenters. The van der Waals surface area contributed by atoms with Gasteiger partial charge in [0.15, 0.2) is 0 Å². The summed E-state index contributed by atoms with van der Waals surface area (Å²) in [4.78, 5) is 15.1. The lowest BCUT2D eigenvalue weighted by Gasteiger charge is -2.32. The molecule has 1 aromatic carbocycles. The SMILES string of the molecule is CCSCc1ccc(C(=O)N2CCCC(c3nnc4n3CCCCC4)C2)cc1. The van der Waals surface area contributed by atoms with Crippen molar-refractivity contribution in [3.8, 4) is 0 Å². The number of aryl methyl sites for hydroxylation is 1. The molecule has 28 heavy (non-hydrogen) atoms. The number of piperidine rings is 1. The van der Waals surface area contributed by atoms with Gasteiger partial charge in [-0.2, -0.15) is 11.8 Å². The van der Waals surface area contributed by atoms with Crippen LogP contribution in [0, 0.1) is 0 Å². The Morgan fingerprint density at radius 2 is 1.96 bits per heavy atom. The molecule has 2 aliphatic rings. The molecule has 2 aromatic rings. The van der Waals surface area contributed by atoms with Gasteiger partial charge in [-0.3, -0.25) is 4.79 Å². The Bertz CT molecular complexity index is 801. The molecule has 150 valence electrons. The van der Waals surface area contributed by atoms with Gasteiger partial charge in [-0.1, -0.05) is 25.5 Å². The minimum absolute atomic E-state index is 0.148. The van der Waals surface area contributed by atoms with Crippen molar-refractivity contribution in [3.05, 3.63) is 47.0 Å². The highest BCUT2D eigenvalue weighted by Gasteiger charge is 2.29. The lowest BCUT2D eigenvalue weighted by molar-refractivity contribution is 0.0703. The Labute approximate surface area is 171 Å². The van der Waals surface area contributed by atoms with Gasteiger partial charge in [0, 0.05) is 43.3 Å². The van der Waals surface area contributed by atoms with Crippen LogP contribution >= 0.6 is 11.8 Å². The predicted molar refractivity (Wildman–Crippen MR) is 114 cm³/mol. The molecule has 1 aromatic heterocycles. The molecule has 0 bridgehead atoms. The van der Waals surface area contributed by atoms with Crippen LogP contribution in [0.3, 0.4) is 0 Å². The van der Waals surface area contributed by atoms with Gasteiger partial charge in [-0.15, -0.1) is 10.2 Å². The molecule has 6 heteroatoms. The van der Waals surface area contributed by atoms with Crippen LogP contribution in [-0.2, 0) is 18.7 Å². The quantitative estimate of drug-likeness (QED) is 0.754. The minimum Gasteiger partial charge on any atom is -0.338 e. The summed E-state index contributed by atoms with van der Waals surface area (Å²) in [5, 5.41) is 9.00. The normalized spacial score (nSPS) is 19.9. The highest BCUT2D eigenvalue weighted by Crippen LogP contribution is 2.29. The van der Waals surface area contributed by atoms with E-state index < -0.39 is 0 Å². The maximum Gasteiger partial charge on any atom is 0.253 e. The van der Waals surface area contributed by atoms with Crippen LogP contribution in [-0.4, -0.2) is 44.4 Å². The number of carbonyl (C=O) groups excluding carboxylic acids is 1. The summed E-state index contributed by atoms with van der Waals surface area (Å²) in [6, 6.07) is 8.16. The fourth-order valence-electron chi connectivity index (χ4n) is 4.33. The molecule has 1 amide bonds. The molecule has 2 aliphatic heterocycles. The number of carbonyl (C=O) groups is 1. The van der Waals surface area contributed by atoms with Gasteiger partial charge in [0.05, 0.1) is 0 Å². The van der Waals surface area contributed by atoms with Crippen LogP contribution in [0.15, 0.2) is 24.3 Å². The Morgan fingerprint density at radius 3 is 2.79 bits per heavy atom. The molecule has 0 N–H and O–H groups in total. The smallest absolute Gasteiger partial charge is 0.253 e. The summed E-state index contributed by atoms with van der Waals surface area (Å²) < 4.78 is 2.34. The van der Waals surface area contributed by atoms with Crippen LogP contribution in [0.4, 0.5) is 0 Å². The molecule has 0 spiro atoms. The first-order valence-corrected chi connectivity index (χ1v) is 11.8. The van der Waals surface area contributed by atoms with E-state index in [1.54, 1.807) is 0 Å². The van der Waals surface area contributed by atoms with E-state index in [4.69, 9.17) is 0 Å². The molecule has 0 aliphatic carbocycles. The van der Waals surface area contributed by atoms with Crippen LogP contribution < -0.4 is 0 Å². The number of amides is 1. The third kappa shape index (κ3) is 4.27. The maximum atomic E-state index is 13.1. The van der Waals surface area contributed by atoms with Gasteiger partial charge in [-0.25, -0.2) is 0 Å². The van der Waals surface area contributed by atoms with E-state index in [1.165, 1.54) is 24.8 Å². The highest BCUT2D eigenvalue weighted by molar-refractivity contribution is 7.98. The van der Waals surface area contributed by atoms with E-state index in [9.17, 15) is 4.79 Å². The lowest BCUT2D eigenvalue weighted by atomic mass is 9.96. The Balaban J connectivity index is 1.45. The van der Waals surface area contributed by atoms with Crippen molar-refractivity contribution in [2.75, 3.05) is 18.8 Å². The number of rotatable bonds is 5. The molecule has 1 saturated heterocycles. The average molecular weight is 399 g/mol. The van der Waals surface area contributed by atoms with Gasteiger partial charge < -0.3 is 9.47 Å². The molecule has 1 fully saturated rings. The third-order valence-electron chi connectivity index (χ3n) is 5.89. The molecule has 0 radical (unpaired) electrons. The molecule has 3 heterocycles. The second kappa shape index (κ2) is 9.12. The van der Waals surface area contributed by atoms with Gasteiger partial charge in [0.2, 0.25) is 0 Å². The van der Waals surface area contributed by atoms with Crippen LogP contribution in [0.2, 0.25) is 0 Å². The third-order valence-corrected chi connectivity index (χ3v) is 6.83. The van der Waals surface area contributed by atoms with E-state index in [-0.39, 0.29) is 5.91 Å². The van der Waals surface area contributed by atoms with Gasteiger partial charge in [-0.05, 0) is 49.1 Å². The van der Waals surface area contributed by atoms with Crippen molar-refractivity contribution in [2.24, 2.45) is 0 Å². The molecular formula is C22H30N4OS. The fraction of sp³-hybridized carbons (Fsp3) is 0.591. The summed E-state index contributed by atoms with van der Waals surface area (Å²) in [5.41, 5.74) is 2.08. The van der Waals surface area contributed by atoms with Crippen molar-refractivity contribution < 1.29 is 4.79 Å². The number of thioether (sulfide) groups is 1. The molecule has 5 nitrogen and oxygen atoms in total. The number of likely N-dealkylation sites (tertiary alicyclic amines) is 1. The second-order valence-electron chi connectivity index (χ2n) is 7.86. The van der Waals surface area contributed by atoms with E-state index >= 15 is 0 Å². The average Bonchev–Trinajstić information content (AvgIpc) is 3.00. The van der Waals surface area contributed by atoms with Crippen molar-refractivity contribution in [1.82, 2.24) is 19.7 Å². The molecule has 1 unspecified atom stereocenters. The first kappa shape index (κ1) is 19.5. The summed E-state index contributed by atoms with van der Waals surface area (Å²) in [5.74, 6) is 4.81. The lowest BCUT2D eigenvalue weighted by Crippen LogP contribution is -2.39. The van der Waals surface area contributed by atoms with Crippen LogP contribution in [0.25, 0.3) is 0 Å². The maximum absolute atomic E-state index is 13.1. The van der Waals surface area contributed by atoms with Crippen LogP contribution in [0.1, 0.15) is 72.5 Å². The zero-order valence-corrected chi connectivity index (χ0v) is 17.6. The van der Waals surface area contributed by atoms with E-state index in [0.29, 0.717) is 5.92 Å². The Kier molecular flexibility index (Phi) is 6.35.